The van der Waals surface area contributed by atoms with Gasteiger partial charge in [0.25, 0.3) is 0 Å². The van der Waals surface area contributed by atoms with Crippen LogP contribution >= 0.6 is 0 Å². The number of carbonyl (C=O) groups is 1. The van der Waals surface area contributed by atoms with Crippen molar-refractivity contribution in [3.63, 3.8) is 0 Å². The van der Waals surface area contributed by atoms with Crippen LogP contribution in [0.2, 0.25) is 0 Å². The van der Waals surface area contributed by atoms with Crippen LogP contribution < -0.4 is 29.6 Å². The molecule has 47 heavy (non-hydrogen) atoms. The molecule has 2 N–H and O–H groups in total. The van der Waals surface area contributed by atoms with E-state index in [0.29, 0.717) is 18.1 Å². The number of halogens is 3. The lowest BCUT2D eigenvalue weighted by Crippen LogP contribution is -2.44. The van der Waals surface area contributed by atoms with Crippen LogP contribution in [0.3, 0.4) is 0 Å². The highest BCUT2D eigenvalue weighted by Gasteiger charge is 2.18. The highest BCUT2D eigenvalue weighted by molar-refractivity contribution is 5.88. The average molecular weight is 653 g/mol. The Morgan fingerprint density at radius 2 is 1.70 bits per heavy atom. The molecule has 1 saturated heterocycles. The first-order valence-corrected chi connectivity index (χ1v) is 14.9. The van der Waals surface area contributed by atoms with Gasteiger partial charge in [0.15, 0.2) is 23.2 Å². The van der Waals surface area contributed by atoms with Crippen LogP contribution in [0.4, 0.5) is 35.3 Å². The number of carbonyl (C=O) groups excluding carboxylic acids is 1. The summed E-state index contributed by atoms with van der Waals surface area (Å²) in [7, 11) is 5.01. The Labute approximate surface area is 270 Å². The number of amides is 1. The third-order valence-corrected chi connectivity index (χ3v) is 7.43. The van der Waals surface area contributed by atoms with Gasteiger partial charge in [-0.2, -0.15) is 4.98 Å². The normalized spacial score (nSPS) is 13.6. The number of rotatable bonds is 12. The Morgan fingerprint density at radius 3 is 2.45 bits per heavy atom. The lowest BCUT2D eigenvalue weighted by Gasteiger charge is -2.32. The fourth-order valence-electron chi connectivity index (χ4n) is 4.87. The Morgan fingerprint density at radius 1 is 0.894 bits per heavy atom. The first-order chi connectivity index (χ1) is 22.7. The maximum atomic E-state index is 15.0. The summed E-state index contributed by atoms with van der Waals surface area (Å²) >= 11 is 0. The molecule has 0 aliphatic carbocycles. The number of methoxy groups -OCH3 is 2. The second-order valence-electron chi connectivity index (χ2n) is 10.7. The predicted molar refractivity (Wildman–Crippen MR) is 170 cm³/mol. The quantitative estimate of drug-likeness (QED) is 0.178. The lowest BCUT2D eigenvalue weighted by molar-refractivity contribution is 0.145. The molecular formula is C33H35F3N6O5. The van der Waals surface area contributed by atoms with Crippen LogP contribution in [0.5, 0.6) is 23.1 Å². The van der Waals surface area contributed by atoms with E-state index in [1.165, 1.54) is 44.6 Å². The number of likely N-dealkylation sites (N-methyl/N-ethyl adjacent to an activating group) is 1. The topological polar surface area (TPSA) is 110 Å². The molecule has 1 aliphatic heterocycles. The number of nitrogens with one attached hydrogen (secondary N) is 2. The summed E-state index contributed by atoms with van der Waals surface area (Å²) in [6.45, 7) is 5.25. The summed E-state index contributed by atoms with van der Waals surface area (Å²) in [6, 6.07) is 13.7. The van der Waals surface area contributed by atoms with Crippen molar-refractivity contribution in [2.75, 3.05) is 71.2 Å². The van der Waals surface area contributed by atoms with Crippen molar-refractivity contribution in [3.8, 4) is 34.4 Å². The highest BCUT2D eigenvalue weighted by Crippen LogP contribution is 2.31. The zero-order valence-electron chi connectivity index (χ0n) is 26.2. The third kappa shape index (κ3) is 8.80. The summed E-state index contributed by atoms with van der Waals surface area (Å²) in [5.74, 6) is -2.45. The van der Waals surface area contributed by atoms with Crippen molar-refractivity contribution in [1.82, 2.24) is 19.8 Å². The van der Waals surface area contributed by atoms with Gasteiger partial charge in [-0.25, -0.2) is 22.9 Å². The van der Waals surface area contributed by atoms with Gasteiger partial charge in [0.05, 0.1) is 32.2 Å². The van der Waals surface area contributed by atoms with Gasteiger partial charge in [0.1, 0.15) is 11.5 Å². The molecule has 0 spiro atoms. The van der Waals surface area contributed by atoms with E-state index < -0.39 is 23.5 Å². The van der Waals surface area contributed by atoms with E-state index in [1.807, 2.05) is 0 Å². The molecule has 0 atom stereocenters. The van der Waals surface area contributed by atoms with Gasteiger partial charge in [-0.1, -0.05) is 6.07 Å². The maximum absolute atomic E-state index is 15.0. The second-order valence-corrected chi connectivity index (χ2v) is 10.7. The van der Waals surface area contributed by atoms with E-state index >= 15 is 0 Å². The van der Waals surface area contributed by atoms with E-state index in [0.717, 1.165) is 45.2 Å². The summed E-state index contributed by atoms with van der Waals surface area (Å²) in [6.07, 6.45) is -0.203. The van der Waals surface area contributed by atoms with Crippen LogP contribution in [0.1, 0.15) is 6.42 Å². The molecule has 0 radical (unpaired) electrons. The lowest BCUT2D eigenvalue weighted by atomic mass is 10.1. The number of benzene rings is 3. The molecule has 1 aromatic heterocycles. The minimum atomic E-state index is -1.16. The minimum Gasteiger partial charge on any atom is -0.497 e. The molecule has 1 amide bonds. The fourth-order valence-corrected chi connectivity index (χ4v) is 4.87. The average Bonchev–Trinajstić information content (AvgIpc) is 3.06. The summed E-state index contributed by atoms with van der Waals surface area (Å²) in [5, 5.41) is 5.37. The summed E-state index contributed by atoms with van der Waals surface area (Å²) in [4.78, 5) is 25.9. The van der Waals surface area contributed by atoms with Crippen molar-refractivity contribution in [2.45, 2.75) is 6.42 Å². The fraction of sp³-hybridized carbons (Fsp3) is 0.303. The number of hydrogen-bond donors (Lipinski definition) is 2. The molecule has 4 aromatic rings. The number of piperazine rings is 1. The monoisotopic (exact) mass is 652 g/mol. The van der Waals surface area contributed by atoms with Crippen molar-refractivity contribution in [2.24, 2.45) is 0 Å². The Bertz CT molecular complexity index is 1700. The van der Waals surface area contributed by atoms with Crippen LogP contribution in [0, 0.1) is 17.5 Å². The van der Waals surface area contributed by atoms with Crippen molar-refractivity contribution < 1.29 is 36.9 Å². The van der Waals surface area contributed by atoms with Crippen LogP contribution in [0.25, 0.3) is 11.3 Å². The van der Waals surface area contributed by atoms with Gasteiger partial charge < -0.3 is 34.1 Å². The number of anilines is 3. The van der Waals surface area contributed by atoms with E-state index in [1.54, 1.807) is 24.3 Å². The Kier molecular flexibility index (Phi) is 11.0. The van der Waals surface area contributed by atoms with Gasteiger partial charge in [0.2, 0.25) is 11.8 Å². The maximum Gasteiger partial charge on any atom is 0.418 e. The molecule has 11 nitrogen and oxygen atoms in total. The van der Waals surface area contributed by atoms with E-state index in [4.69, 9.17) is 18.9 Å². The number of aromatic nitrogens is 2. The largest absolute Gasteiger partial charge is 0.497 e. The molecule has 0 saturated carbocycles. The predicted octanol–water partition coefficient (Wildman–Crippen LogP) is 5.95. The number of hydrogen-bond acceptors (Lipinski definition) is 10. The van der Waals surface area contributed by atoms with Crippen LogP contribution in [0.15, 0.2) is 60.7 Å². The summed E-state index contributed by atoms with van der Waals surface area (Å²) in [5.41, 5.74) is 0.218. The Hall–Kier alpha value is -5.08. The van der Waals surface area contributed by atoms with E-state index in [-0.39, 0.29) is 40.2 Å². The molecule has 14 heteroatoms. The Balaban J connectivity index is 1.30. The van der Waals surface area contributed by atoms with Crippen molar-refractivity contribution >= 4 is 23.4 Å². The van der Waals surface area contributed by atoms with Crippen molar-refractivity contribution in [3.05, 3.63) is 78.1 Å². The highest BCUT2D eigenvalue weighted by atomic mass is 19.2. The third-order valence-electron chi connectivity index (χ3n) is 7.43. The molecular weight excluding hydrogens is 617 g/mol. The van der Waals surface area contributed by atoms with Gasteiger partial charge in [-0.05, 0) is 49.9 Å². The van der Waals surface area contributed by atoms with Gasteiger partial charge in [-0.15, -0.1) is 0 Å². The standard InChI is InChI=1S/C33H35F3N6O5/c1-41-13-15-42(16-14-41)12-5-17-46-28-11-8-21(18-25(28)35)37-32-38-27(23-6-4-7-24(34)31(23)36)20-30(40-32)47-33(43)39-26-10-9-22(44-2)19-29(26)45-3/h4,6-11,18-20H,5,12-17H2,1-3H3,(H,39,43)(H,37,38,40). The smallest absolute Gasteiger partial charge is 0.418 e. The molecule has 5 rings (SSSR count). The van der Waals surface area contributed by atoms with E-state index in [9.17, 15) is 18.0 Å². The van der Waals surface area contributed by atoms with Gasteiger partial charge in [0, 0.05) is 62.2 Å². The number of ether oxygens (including phenoxy) is 4. The minimum absolute atomic E-state index is 0.0834. The number of nitrogens with zero attached hydrogens (tertiary/aromatic N) is 4. The molecule has 0 unspecified atom stereocenters. The molecule has 1 fully saturated rings. The SMILES string of the molecule is COc1ccc(NC(=O)Oc2cc(-c3cccc(F)c3F)nc(Nc3ccc(OCCCN4CCN(C)CC4)c(F)c3)n2)c(OC)c1. The first-order valence-electron chi connectivity index (χ1n) is 14.9. The zero-order valence-corrected chi connectivity index (χ0v) is 26.2. The molecule has 2 heterocycles. The van der Waals surface area contributed by atoms with Crippen LogP contribution in [-0.4, -0.2) is 86.5 Å². The molecule has 3 aromatic carbocycles. The molecule has 1 aliphatic rings. The van der Waals surface area contributed by atoms with Crippen molar-refractivity contribution in [1.29, 1.82) is 0 Å². The molecule has 248 valence electrons. The van der Waals surface area contributed by atoms with Crippen LogP contribution in [-0.2, 0) is 0 Å². The van der Waals surface area contributed by atoms with Gasteiger partial charge >= 0.3 is 6.09 Å². The van der Waals surface area contributed by atoms with Gasteiger partial charge in [-0.3, -0.25) is 5.32 Å². The first kappa shape index (κ1) is 33.3. The zero-order chi connectivity index (χ0) is 33.3. The summed E-state index contributed by atoms with van der Waals surface area (Å²) < 4.78 is 65.3. The second kappa shape index (κ2) is 15.5. The molecule has 0 bridgehead atoms. The van der Waals surface area contributed by atoms with E-state index in [2.05, 4.69) is 37.4 Å².